The number of rotatable bonds is 9. The molecule has 3 aromatic carbocycles. The van der Waals surface area contributed by atoms with Gasteiger partial charge in [-0.2, -0.15) is 4.98 Å². The molecule has 1 atom stereocenters. The summed E-state index contributed by atoms with van der Waals surface area (Å²) in [6, 6.07) is 18.7. The number of hydrogen-bond donors (Lipinski definition) is 1. The van der Waals surface area contributed by atoms with Gasteiger partial charge in [0.25, 0.3) is 0 Å². The van der Waals surface area contributed by atoms with Crippen LogP contribution in [0.25, 0.3) is 0 Å². The Morgan fingerprint density at radius 2 is 1.90 bits per heavy atom. The van der Waals surface area contributed by atoms with Crippen LogP contribution in [0.4, 0.5) is 5.95 Å². The molecule has 216 valence electrons. The third-order valence-electron chi connectivity index (χ3n) is 7.11. The van der Waals surface area contributed by atoms with Crippen LogP contribution in [-0.2, 0) is 17.2 Å². The Morgan fingerprint density at radius 3 is 2.69 bits per heavy atom. The molecule has 2 aliphatic rings. The minimum atomic E-state index is -0.466. The third kappa shape index (κ3) is 6.06. The summed E-state index contributed by atoms with van der Waals surface area (Å²) < 4.78 is 14.8. The maximum Gasteiger partial charge on any atom is 0.227 e. The molecule has 0 saturated carbocycles. The number of ether oxygens (including phenoxy) is 2. The van der Waals surface area contributed by atoms with Crippen molar-refractivity contribution >= 4 is 62.6 Å². The van der Waals surface area contributed by atoms with Crippen molar-refractivity contribution in [2.75, 3.05) is 11.9 Å². The molecule has 1 aliphatic heterocycles. The van der Waals surface area contributed by atoms with Gasteiger partial charge in [0.1, 0.15) is 12.6 Å². The second-order valence-corrected chi connectivity index (χ2v) is 12.6. The largest absolute Gasteiger partial charge is 0.490 e. The van der Waals surface area contributed by atoms with Crippen LogP contribution in [-0.4, -0.2) is 27.2 Å². The van der Waals surface area contributed by atoms with E-state index in [0.717, 1.165) is 39.7 Å². The minimum Gasteiger partial charge on any atom is -0.490 e. The topological polar surface area (TPSA) is 78.3 Å². The zero-order valence-electron chi connectivity index (χ0n) is 22.7. The second-order valence-electron chi connectivity index (χ2n) is 9.92. The predicted molar refractivity (Wildman–Crippen MR) is 170 cm³/mol. The van der Waals surface area contributed by atoms with Crippen LogP contribution in [0.2, 0.25) is 10.0 Å². The molecular formula is C31H27BrCl2N4O3S. The number of nitrogens with one attached hydrogen (secondary N) is 1. The summed E-state index contributed by atoms with van der Waals surface area (Å²) in [6.45, 7) is 2.72. The molecule has 1 aliphatic carbocycles. The average Bonchev–Trinajstić information content (AvgIpc) is 3.39. The molecule has 1 N–H and O–H groups in total. The van der Waals surface area contributed by atoms with Gasteiger partial charge in [0, 0.05) is 33.5 Å². The van der Waals surface area contributed by atoms with E-state index in [9.17, 15) is 4.79 Å². The lowest BCUT2D eigenvalue weighted by atomic mass is 9.85. The van der Waals surface area contributed by atoms with E-state index in [-0.39, 0.29) is 5.78 Å². The Balaban J connectivity index is 1.36. The third-order valence-corrected chi connectivity index (χ3v) is 9.20. The summed E-state index contributed by atoms with van der Waals surface area (Å²) in [4.78, 5) is 18.2. The van der Waals surface area contributed by atoms with Gasteiger partial charge < -0.3 is 14.8 Å². The molecule has 0 spiro atoms. The van der Waals surface area contributed by atoms with Crippen molar-refractivity contribution in [1.29, 1.82) is 0 Å². The lowest BCUT2D eigenvalue weighted by Gasteiger charge is -2.32. The van der Waals surface area contributed by atoms with Crippen LogP contribution in [0.5, 0.6) is 11.5 Å². The number of halogens is 3. The maximum absolute atomic E-state index is 13.4. The Kier molecular flexibility index (Phi) is 8.81. The predicted octanol–water partition coefficient (Wildman–Crippen LogP) is 8.64. The highest BCUT2D eigenvalue weighted by molar-refractivity contribution is 9.10. The van der Waals surface area contributed by atoms with Gasteiger partial charge in [-0.1, -0.05) is 65.3 Å². The van der Waals surface area contributed by atoms with E-state index in [2.05, 4.69) is 21.2 Å². The quantitative estimate of drug-likeness (QED) is 0.177. The molecule has 0 fully saturated rings. The Bertz CT molecular complexity index is 1680. The smallest absolute Gasteiger partial charge is 0.227 e. The normalized spacial score (nSPS) is 16.1. The van der Waals surface area contributed by atoms with Gasteiger partial charge >= 0.3 is 0 Å². The zero-order chi connectivity index (χ0) is 29.2. The molecular weight excluding hydrogens is 659 g/mol. The van der Waals surface area contributed by atoms with Crippen LogP contribution in [0, 0.1) is 0 Å². The standard InChI is InChI=1S/C31H27BrCl2N4O3S/c1-2-40-26-15-20(14-22(32)29(26)41-16-18-10-12-21(33)13-11-18)28-27-24(8-5-9-25(27)39)35-30-36-31(37-38(28)30)42-17-19-6-3-4-7-23(19)34/h3-4,6-7,10-15,28H,2,5,8-9,16-17H2,1H3,(H,35,36,37). The first-order valence-electron chi connectivity index (χ1n) is 13.6. The highest BCUT2D eigenvalue weighted by atomic mass is 79.9. The van der Waals surface area contributed by atoms with E-state index in [1.165, 1.54) is 11.8 Å². The summed E-state index contributed by atoms with van der Waals surface area (Å²) in [5.74, 6) is 2.50. The number of aromatic nitrogens is 3. The number of allylic oxidation sites excluding steroid dienone is 2. The lowest BCUT2D eigenvalue weighted by Crippen LogP contribution is -2.31. The van der Waals surface area contributed by atoms with Gasteiger partial charge in [-0.05, 0) is 82.7 Å². The SMILES string of the molecule is CCOc1cc(C2C3=C(CCCC3=O)Nc3nc(SCc4ccccc4Cl)nn32)cc(Br)c1OCc1ccc(Cl)cc1. The zero-order valence-corrected chi connectivity index (χ0v) is 26.6. The molecule has 4 aromatic rings. The van der Waals surface area contributed by atoms with Crippen molar-refractivity contribution in [3.63, 3.8) is 0 Å². The van der Waals surface area contributed by atoms with Gasteiger partial charge in [-0.25, -0.2) is 4.68 Å². The number of Topliss-reactive ketones (excluding diaryl/α,β-unsaturated/α-hetero) is 1. The van der Waals surface area contributed by atoms with E-state index >= 15 is 0 Å². The molecule has 11 heteroatoms. The van der Waals surface area contributed by atoms with Crippen LogP contribution in [0.15, 0.2) is 81.6 Å². The van der Waals surface area contributed by atoms with Crippen molar-refractivity contribution in [3.05, 3.63) is 103 Å². The first-order chi connectivity index (χ1) is 20.4. The lowest BCUT2D eigenvalue weighted by molar-refractivity contribution is -0.116. The molecule has 42 heavy (non-hydrogen) atoms. The van der Waals surface area contributed by atoms with Crippen LogP contribution >= 0.6 is 50.9 Å². The number of carbonyl (C=O) groups excluding carboxylic acids is 1. The number of nitrogens with zero attached hydrogens (tertiary/aromatic N) is 3. The Hall–Kier alpha value is -2.98. The highest BCUT2D eigenvalue weighted by Crippen LogP contribution is 2.45. The number of fused-ring (bicyclic) bond motifs is 1. The molecule has 1 aromatic heterocycles. The number of ketones is 1. The number of benzene rings is 3. The first kappa shape index (κ1) is 29.1. The molecule has 0 amide bonds. The fraction of sp³-hybridized carbons (Fsp3) is 0.258. The fourth-order valence-electron chi connectivity index (χ4n) is 5.15. The van der Waals surface area contributed by atoms with Gasteiger partial charge in [0.2, 0.25) is 11.1 Å². The molecule has 6 rings (SSSR count). The second kappa shape index (κ2) is 12.7. The van der Waals surface area contributed by atoms with Gasteiger partial charge in [-0.15, -0.1) is 5.10 Å². The maximum atomic E-state index is 13.4. The summed E-state index contributed by atoms with van der Waals surface area (Å²) in [5, 5.41) is 10.2. The highest BCUT2D eigenvalue weighted by Gasteiger charge is 2.37. The molecule has 0 radical (unpaired) electrons. The molecule has 2 heterocycles. The van der Waals surface area contributed by atoms with Crippen LogP contribution < -0.4 is 14.8 Å². The van der Waals surface area contributed by atoms with Gasteiger partial charge in [-0.3, -0.25) is 4.79 Å². The van der Waals surface area contributed by atoms with Crippen molar-refractivity contribution in [2.45, 2.75) is 49.7 Å². The Morgan fingerprint density at radius 1 is 1.10 bits per heavy atom. The number of carbonyl (C=O) groups is 1. The van der Waals surface area contributed by atoms with Gasteiger partial charge in [0.15, 0.2) is 17.3 Å². The fourth-order valence-corrected chi connectivity index (χ4v) is 6.96. The summed E-state index contributed by atoms with van der Waals surface area (Å²) in [5.41, 5.74) is 4.45. The first-order valence-corrected chi connectivity index (χ1v) is 16.1. The van der Waals surface area contributed by atoms with E-state index in [1.54, 1.807) is 0 Å². The molecule has 0 saturated heterocycles. The van der Waals surface area contributed by atoms with E-state index in [4.69, 9.17) is 42.8 Å². The van der Waals surface area contributed by atoms with E-state index < -0.39 is 6.04 Å². The molecule has 7 nitrogen and oxygen atoms in total. The number of hydrogen-bond acceptors (Lipinski definition) is 7. The summed E-state index contributed by atoms with van der Waals surface area (Å²) in [7, 11) is 0. The van der Waals surface area contributed by atoms with Gasteiger partial charge in [0.05, 0.1) is 11.1 Å². The monoisotopic (exact) mass is 684 g/mol. The van der Waals surface area contributed by atoms with Crippen LogP contribution in [0.1, 0.15) is 48.9 Å². The minimum absolute atomic E-state index is 0.109. The van der Waals surface area contributed by atoms with Crippen molar-refractivity contribution in [3.8, 4) is 11.5 Å². The Labute approximate surface area is 266 Å². The van der Waals surface area contributed by atoms with Crippen LogP contribution in [0.3, 0.4) is 0 Å². The van der Waals surface area contributed by atoms with Crippen molar-refractivity contribution in [1.82, 2.24) is 14.8 Å². The molecule has 0 bridgehead atoms. The van der Waals surface area contributed by atoms with E-state index in [0.29, 0.717) is 63.6 Å². The number of anilines is 1. The van der Waals surface area contributed by atoms with Crippen molar-refractivity contribution in [2.24, 2.45) is 0 Å². The summed E-state index contributed by atoms with van der Waals surface area (Å²) >= 11 is 17.6. The van der Waals surface area contributed by atoms with E-state index in [1.807, 2.05) is 72.3 Å². The molecule has 1 unspecified atom stereocenters. The average molecular weight is 686 g/mol. The summed E-state index contributed by atoms with van der Waals surface area (Å²) in [6.07, 6.45) is 2.07. The van der Waals surface area contributed by atoms with Crippen molar-refractivity contribution < 1.29 is 14.3 Å². The number of thioether (sulfide) groups is 1.